The Kier molecular flexibility index (Phi) is 3.39. The van der Waals surface area contributed by atoms with Gasteiger partial charge in [-0.15, -0.1) is 0 Å². The lowest BCUT2D eigenvalue weighted by molar-refractivity contribution is 0.245. The minimum atomic E-state index is 0.543. The molecular weight excluding hydrogens is 182 g/mol. The van der Waals surface area contributed by atoms with Gasteiger partial charge in [-0.3, -0.25) is 0 Å². The third-order valence-electron chi connectivity index (χ3n) is 4.46. The molecule has 2 aliphatic carbocycles. The van der Waals surface area contributed by atoms with Gasteiger partial charge in [-0.2, -0.15) is 0 Å². The van der Waals surface area contributed by atoms with E-state index in [4.69, 9.17) is 0 Å². The molecule has 0 aromatic heterocycles. The maximum absolute atomic E-state index is 3.97. The predicted molar refractivity (Wildman–Crippen MR) is 66.0 cm³/mol. The SMILES string of the molecule is CCCC(NC1CCCC1(C)C)C1CC1. The van der Waals surface area contributed by atoms with Crippen molar-refractivity contribution in [2.45, 2.75) is 77.8 Å². The fourth-order valence-electron chi connectivity index (χ4n) is 3.16. The van der Waals surface area contributed by atoms with Crippen molar-refractivity contribution in [2.24, 2.45) is 11.3 Å². The molecule has 2 atom stereocenters. The molecule has 0 radical (unpaired) electrons. The summed E-state index contributed by atoms with van der Waals surface area (Å²) in [4.78, 5) is 0. The van der Waals surface area contributed by atoms with Crippen LogP contribution in [0, 0.1) is 11.3 Å². The van der Waals surface area contributed by atoms with Crippen LogP contribution in [0.2, 0.25) is 0 Å². The summed E-state index contributed by atoms with van der Waals surface area (Å²) in [5.41, 5.74) is 0.543. The first-order chi connectivity index (χ1) is 7.13. The van der Waals surface area contributed by atoms with Gasteiger partial charge >= 0.3 is 0 Å². The van der Waals surface area contributed by atoms with Crippen molar-refractivity contribution in [2.75, 3.05) is 0 Å². The third-order valence-corrected chi connectivity index (χ3v) is 4.46. The first-order valence-corrected chi connectivity index (χ1v) is 6.89. The standard InChI is InChI=1S/C14H27N/c1-4-6-12(11-8-9-11)15-13-7-5-10-14(13,2)3/h11-13,15H,4-10H2,1-3H3. The zero-order valence-corrected chi connectivity index (χ0v) is 10.7. The van der Waals surface area contributed by atoms with E-state index in [0.29, 0.717) is 5.41 Å². The molecule has 2 saturated carbocycles. The highest BCUT2D eigenvalue weighted by atomic mass is 15.0. The molecule has 0 saturated heterocycles. The molecular formula is C14H27N. The average molecular weight is 209 g/mol. The van der Waals surface area contributed by atoms with Gasteiger partial charge in [0.1, 0.15) is 0 Å². The van der Waals surface area contributed by atoms with Gasteiger partial charge in [0.25, 0.3) is 0 Å². The molecule has 1 nitrogen and oxygen atoms in total. The molecule has 2 aliphatic rings. The molecule has 0 aromatic carbocycles. The Labute approximate surface area is 95.0 Å². The number of rotatable bonds is 5. The van der Waals surface area contributed by atoms with Crippen molar-refractivity contribution in [3.63, 3.8) is 0 Å². The van der Waals surface area contributed by atoms with Crippen molar-refractivity contribution < 1.29 is 0 Å². The highest BCUT2D eigenvalue weighted by molar-refractivity contribution is 4.95. The zero-order chi connectivity index (χ0) is 10.9. The second-order valence-electron chi connectivity index (χ2n) is 6.33. The first-order valence-electron chi connectivity index (χ1n) is 6.89. The second kappa shape index (κ2) is 4.45. The van der Waals surface area contributed by atoms with Crippen molar-refractivity contribution in [1.29, 1.82) is 0 Å². The summed E-state index contributed by atoms with van der Waals surface area (Å²) in [6.45, 7) is 7.19. The summed E-state index contributed by atoms with van der Waals surface area (Å²) >= 11 is 0. The van der Waals surface area contributed by atoms with Crippen molar-refractivity contribution in [3.8, 4) is 0 Å². The Morgan fingerprint density at radius 1 is 1.27 bits per heavy atom. The van der Waals surface area contributed by atoms with Gasteiger partial charge in [0.15, 0.2) is 0 Å². The molecule has 1 heteroatoms. The molecule has 15 heavy (non-hydrogen) atoms. The largest absolute Gasteiger partial charge is 0.310 e. The maximum Gasteiger partial charge on any atom is 0.0121 e. The summed E-state index contributed by atoms with van der Waals surface area (Å²) in [7, 11) is 0. The van der Waals surface area contributed by atoms with E-state index < -0.39 is 0 Å². The summed E-state index contributed by atoms with van der Waals surface area (Å²) in [6, 6.07) is 1.62. The summed E-state index contributed by atoms with van der Waals surface area (Å²) in [5.74, 6) is 1.02. The highest BCUT2D eigenvalue weighted by Gasteiger charge is 2.38. The van der Waals surface area contributed by atoms with E-state index in [9.17, 15) is 0 Å². The van der Waals surface area contributed by atoms with Gasteiger partial charge in [0, 0.05) is 12.1 Å². The van der Waals surface area contributed by atoms with Crippen molar-refractivity contribution in [1.82, 2.24) is 5.32 Å². The fourth-order valence-corrected chi connectivity index (χ4v) is 3.16. The van der Waals surface area contributed by atoms with E-state index >= 15 is 0 Å². The lowest BCUT2D eigenvalue weighted by atomic mass is 9.86. The number of nitrogens with one attached hydrogen (secondary N) is 1. The molecule has 2 unspecified atom stereocenters. The zero-order valence-electron chi connectivity index (χ0n) is 10.7. The summed E-state index contributed by atoms with van der Waals surface area (Å²) < 4.78 is 0. The number of hydrogen-bond acceptors (Lipinski definition) is 1. The van der Waals surface area contributed by atoms with Crippen LogP contribution in [0.25, 0.3) is 0 Å². The minimum absolute atomic E-state index is 0.543. The molecule has 0 spiro atoms. The highest BCUT2D eigenvalue weighted by Crippen LogP contribution is 2.40. The summed E-state index contributed by atoms with van der Waals surface area (Å²) in [6.07, 6.45) is 9.91. The van der Waals surface area contributed by atoms with Crippen LogP contribution in [0.5, 0.6) is 0 Å². The molecule has 0 aliphatic heterocycles. The molecule has 1 N–H and O–H groups in total. The molecule has 0 bridgehead atoms. The third kappa shape index (κ3) is 2.75. The Morgan fingerprint density at radius 3 is 2.47 bits per heavy atom. The normalized spacial score (nSPS) is 31.8. The molecule has 2 rings (SSSR count). The van der Waals surface area contributed by atoms with E-state index in [1.54, 1.807) is 0 Å². The van der Waals surface area contributed by atoms with Crippen molar-refractivity contribution >= 4 is 0 Å². The summed E-state index contributed by atoms with van der Waals surface area (Å²) in [5, 5.41) is 3.97. The van der Waals surface area contributed by atoms with E-state index in [1.807, 2.05) is 0 Å². The van der Waals surface area contributed by atoms with Crippen molar-refractivity contribution in [3.05, 3.63) is 0 Å². The predicted octanol–water partition coefficient (Wildman–Crippen LogP) is 3.73. The molecule has 2 fully saturated rings. The lowest BCUT2D eigenvalue weighted by Gasteiger charge is -2.32. The fraction of sp³-hybridized carbons (Fsp3) is 1.00. The van der Waals surface area contributed by atoms with Crippen LogP contribution in [0.1, 0.15) is 65.7 Å². The quantitative estimate of drug-likeness (QED) is 0.727. The van der Waals surface area contributed by atoms with E-state index in [1.165, 1.54) is 44.9 Å². The molecule has 0 aromatic rings. The van der Waals surface area contributed by atoms with Crippen LogP contribution in [-0.4, -0.2) is 12.1 Å². The van der Waals surface area contributed by atoms with E-state index in [-0.39, 0.29) is 0 Å². The minimum Gasteiger partial charge on any atom is -0.310 e. The van der Waals surface area contributed by atoms with Crippen LogP contribution in [0.15, 0.2) is 0 Å². The molecule has 88 valence electrons. The van der Waals surface area contributed by atoms with E-state index in [0.717, 1.165) is 18.0 Å². The second-order valence-corrected chi connectivity index (χ2v) is 6.33. The van der Waals surface area contributed by atoms with Gasteiger partial charge < -0.3 is 5.32 Å². The smallest absolute Gasteiger partial charge is 0.0121 e. The van der Waals surface area contributed by atoms with E-state index in [2.05, 4.69) is 26.1 Å². The van der Waals surface area contributed by atoms with Gasteiger partial charge in [-0.1, -0.05) is 33.6 Å². The Balaban J connectivity index is 1.87. The Bertz CT molecular complexity index is 205. The van der Waals surface area contributed by atoms with Crippen LogP contribution in [0.4, 0.5) is 0 Å². The first kappa shape index (κ1) is 11.4. The van der Waals surface area contributed by atoms with Gasteiger partial charge in [0.05, 0.1) is 0 Å². The van der Waals surface area contributed by atoms with Crippen LogP contribution in [-0.2, 0) is 0 Å². The van der Waals surface area contributed by atoms with Crippen LogP contribution < -0.4 is 5.32 Å². The van der Waals surface area contributed by atoms with Crippen LogP contribution >= 0.6 is 0 Å². The topological polar surface area (TPSA) is 12.0 Å². The Hall–Kier alpha value is -0.0400. The van der Waals surface area contributed by atoms with Gasteiger partial charge in [0.2, 0.25) is 0 Å². The molecule has 0 amide bonds. The number of hydrogen-bond donors (Lipinski definition) is 1. The maximum atomic E-state index is 3.97. The van der Waals surface area contributed by atoms with Gasteiger partial charge in [-0.25, -0.2) is 0 Å². The molecule has 0 heterocycles. The van der Waals surface area contributed by atoms with Gasteiger partial charge in [-0.05, 0) is 43.4 Å². The lowest BCUT2D eigenvalue weighted by Crippen LogP contribution is -2.44. The Morgan fingerprint density at radius 2 is 2.00 bits per heavy atom. The monoisotopic (exact) mass is 209 g/mol. The average Bonchev–Trinajstić information content (AvgIpc) is 2.93. The van der Waals surface area contributed by atoms with Crippen LogP contribution in [0.3, 0.4) is 0 Å².